The van der Waals surface area contributed by atoms with Crippen LogP contribution >= 0.6 is 0 Å². The number of hydrogen-bond acceptors (Lipinski definition) is 6. The van der Waals surface area contributed by atoms with E-state index >= 15 is 0 Å². The van der Waals surface area contributed by atoms with Gasteiger partial charge in [-0.3, -0.25) is 14.4 Å². The summed E-state index contributed by atoms with van der Waals surface area (Å²) < 4.78 is 16.9. The summed E-state index contributed by atoms with van der Waals surface area (Å²) in [5, 5.41) is 0. The second-order valence-corrected chi connectivity index (χ2v) is 22.0. The summed E-state index contributed by atoms with van der Waals surface area (Å²) >= 11 is 0. The van der Waals surface area contributed by atoms with E-state index in [1.807, 2.05) is 0 Å². The van der Waals surface area contributed by atoms with Crippen LogP contribution < -0.4 is 0 Å². The van der Waals surface area contributed by atoms with E-state index in [0.29, 0.717) is 19.3 Å². The van der Waals surface area contributed by atoms with E-state index in [-0.39, 0.29) is 31.1 Å². The molecule has 0 aromatic carbocycles. The zero-order valence-electron chi connectivity index (χ0n) is 48.7. The standard InChI is InChI=1S/C66H124O6/c1-4-7-10-13-16-19-22-25-28-29-30-31-32-33-34-35-36-37-39-41-44-47-50-53-56-59-65(68)71-62-63(61-70-64(67)58-55-52-49-46-43-40-27-24-21-18-15-12-9-6-3)72-66(69)60-57-54-51-48-45-42-38-26-23-20-17-14-11-8-5-2/h26,29-30,38,63H,4-25,27-28,31-37,39-62H2,1-3H3/b30-29-,38-26-. The molecule has 0 aliphatic carbocycles. The van der Waals surface area contributed by atoms with Crippen molar-refractivity contribution in [2.24, 2.45) is 0 Å². The largest absolute Gasteiger partial charge is 0.462 e. The lowest BCUT2D eigenvalue weighted by molar-refractivity contribution is -0.167. The first-order valence-corrected chi connectivity index (χ1v) is 32.3. The van der Waals surface area contributed by atoms with Gasteiger partial charge in [-0.1, -0.05) is 295 Å². The molecule has 0 rings (SSSR count). The molecule has 0 saturated heterocycles. The molecule has 0 bridgehead atoms. The highest BCUT2D eigenvalue weighted by Crippen LogP contribution is 2.17. The quantitative estimate of drug-likeness (QED) is 0.0261. The molecule has 72 heavy (non-hydrogen) atoms. The minimum absolute atomic E-state index is 0.0693. The Morgan fingerprint density at radius 2 is 0.458 bits per heavy atom. The highest BCUT2D eigenvalue weighted by atomic mass is 16.6. The van der Waals surface area contributed by atoms with Crippen LogP contribution in [0.5, 0.6) is 0 Å². The Bertz CT molecular complexity index is 1160. The molecule has 0 fully saturated rings. The van der Waals surface area contributed by atoms with E-state index in [2.05, 4.69) is 45.1 Å². The molecular weight excluding hydrogens is 889 g/mol. The van der Waals surface area contributed by atoms with Crippen LogP contribution in [0, 0.1) is 0 Å². The number of rotatable bonds is 60. The van der Waals surface area contributed by atoms with Gasteiger partial charge in [-0.2, -0.15) is 0 Å². The fourth-order valence-electron chi connectivity index (χ4n) is 9.79. The predicted molar refractivity (Wildman–Crippen MR) is 312 cm³/mol. The van der Waals surface area contributed by atoms with E-state index in [1.165, 1.54) is 257 Å². The van der Waals surface area contributed by atoms with Crippen molar-refractivity contribution in [3.05, 3.63) is 24.3 Å². The molecule has 6 nitrogen and oxygen atoms in total. The van der Waals surface area contributed by atoms with Crippen molar-refractivity contribution in [3.8, 4) is 0 Å². The topological polar surface area (TPSA) is 78.9 Å². The van der Waals surface area contributed by atoms with Gasteiger partial charge >= 0.3 is 17.9 Å². The summed E-state index contributed by atoms with van der Waals surface area (Å²) in [7, 11) is 0. The molecule has 0 radical (unpaired) electrons. The van der Waals surface area contributed by atoms with Crippen LogP contribution in [0.15, 0.2) is 24.3 Å². The van der Waals surface area contributed by atoms with Crippen molar-refractivity contribution < 1.29 is 28.6 Å². The van der Waals surface area contributed by atoms with Gasteiger partial charge < -0.3 is 14.2 Å². The summed E-state index contributed by atoms with van der Waals surface area (Å²) in [6.07, 6.45) is 73.3. The molecule has 0 amide bonds. The highest BCUT2D eigenvalue weighted by Gasteiger charge is 2.19. The second-order valence-electron chi connectivity index (χ2n) is 22.0. The molecule has 0 N–H and O–H groups in total. The number of unbranched alkanes of at least 4 members (excludes halogenated alkanes) is 45. The van der Waals surface area contributed by atoms with Gasteiger partial charge in [0.1, 0.15) is 13.2 Å². The molecule has 424 valence electrons. The van der Waals surface area contributed by atoms with E-state index < -0.39 is 6.10 Å². The molecule has 1 atom stereocenters. The average Bonchev–Trinajstić information content (AvgIpc) is 3.38. The van der Waals surface area contributed by atoms with Crippen molar-refractivity contribution in [1.29, 1.82) is 0 Å². The predicted octanol–water partition coefficient (Wildman–Crippen LogP) is 21.8. The molecule has 0 heterocycles. The van der Waals surface area contributed by atoms with E-state index in [4.69, 9.17) is 14.2 Å². The first kappa shape index (κ1) is 69.9. The van der Waals surface area contributed by atoms with Crippen molar-refractivity contribution in [2.45, 2.75) is 367 Å². The van der Waals surface area contributed by atoms with Gasteiger partial charge in [-0.15, -0.1) is 0 Å². The van der Waals surface area contributed by atoms with Gasteiger partial charge in [-0.05, 0) is 70.6 Å². The van der Waals surface area contributed by atoms with Crippen LogP contribution in [0.3, 0.4) is 0 Å². The Balaban J connectivity index is 4.23. The Hall–Kier alpha value is -2.11. The second kappa shape index (κ2) is 61.4. The molecule has 6 heteroatoms. The minimum atomic E-state index is -0.772. The third-order valence-corrected chi connectivity index (χ3v) is 14.7. The van der Waals surface area contributed by atoms with Crippen molar-refractivity contribution in [1.82, 2.24) is 0 Å². The number of ether oxygens (including phenoxy) is 3. The monoisotopic (exact) mass is 1010 g/mol. The van der Waals surface area contributed by atoms with Gasteiger partial charge in [0.25, 0.3) is 0 Å². The van der Waals surface area contributed by atoms with E-state index in [1.54, 1.807) is 0 Å². The maximum atomic E-state index is 12.9. The zero-order chi connectivity index (χ0) is 52.2. The average molecular weight is 1010 g/mol. The lowest BCUT2D eigenvalue weighted by atomic mass is 10.0. The maximum Gasteiger partial charge on any atom is 0.306 e. The first-order chi connectivity index (χ1) is 35.5. The van der Waals surface area contributed by atoms with Crippen LogP contribution in [0.25, 0.3) is 0 Å². The third kappa shape index (κ3) is 58.8. The van der Waals surface area contributed by atoms with Gasteiger partial charge in [0.05, 0.1) is 0 Å². The molecule has 0 saturated carbocycles. The van der Waals surface area contributed by atoms with Crippen molar-refractivity contribution in [3.63, 3.8) is 0 Å². The Labute approximate surface area is 449 Å². The SMILES string of the molecule is CCCCCCCC/C=C\CCCCCCCC(=O)OC(COC(=O)CCCCCCCCCCCCCCCC)COC(=O)CCCCCCCCCCCCCCC/C=C\CCCCCCCCCC. The van der Waals surface area contributed by atoms with Crippen LogP contribution in [0.2, 0.25) is 0 Å². The summed E-state index contributed by atoms with van der Waals surface area (Å²) in [4.78, 5) is 38.3. The molecule has 0 aromatic rings. The number of esters is 3. The smallest absolute Gasteiger partial charge is 0.306 e. The fraction of sp³-hybridized carbons (Fsp3) is 0.894. The van der Waals surface area contributed by atoms with Gasteiger partial charge in [-0.25, -0.2) is 0 Å². The van der Waals surface area contributed by atoms with Crippen LogP contribution in [0.1, 0.15) is 361 Å². The third-order valence-electron chi connectivity index (χ3n) is 14.7. The lowest BCUT2D eigenvalue weighted by Gasteiger charge is -2.18. The Kier molecular flexibility index (Phi) is 59.6. The number of allylic oxidation sites excluding steroid dienone is 4. The Morgan fingerprint density at radius 1 is 0.264 bits per heavy atom. The van der Waals surface area contributed by atoms with Gasteiger partial charge in [0, 0.05) is 19.3 Å². The number of carbonyl (C=O) groups is 3. The first-order valence-electron chi connectivity index (χ1n) is 32.3. The lowest BCUT2D eigenvalue weighted by Crippen LogP contribution is -2.30. The number of hydrogen-bond donors (Lipinski definition) is 0. The summed E-state index contributed by atoms with van der Waals surface area (Å²) in [5.74, 6) is -0.852. The molecule has 0 aliphatic rings. The van der Waals surface area contributed by atoms with Crippen LogP contribution in [-0.4, -0.2) is 37.2 Å². The zero-order valence-corrected chi connectivity index (χ0v) is 48.7. The number of carbonyl (C=O) groups excluding carboxylic acids is 3. The molecule has 1 unspecified atom stereocenters. The summed E-state index contributed by atoms with van der Waals surface area (Å²) in [6, 6.07) is 0. The summed E-state index contributed by atoms with van der Waals surface area (Å²) in [6.45, 7) is 6.69. The molecular formula is C66H124O6. The minimum Gasteiger partial charge on any atom is -0.462 e. The highest BCUT2D eigenvalue weighted by molar-refractivity contribution is 5.71. The van der Waals surface area contributed by atoms with Gasteiger partial charge in [0.15, 0.2) is 6.10 Å². The molecule has 0 aromatic heterocycles. The van der Waals surface area contributed by atoms with Crippen LogP contribution in [-0.2, 0) is 28.6 Å². The molecule has 0 spiro atoms. The molecule has 0 aliphatic heterocycles. The van der Waals surface area contributed by atoms with Gasteiger partial charge in [0.2, 0.25) is 0 Å². The maximum absolute atomic E-state index is 12.9. The normalized spacial score (nSPS) is 12.1. The fourth-order valence-corrected chi connectivity index (χ4v) is 9.79. The van der Waals surface area contributed by atoms with E-state index in [0.717, 1.165) is 64.2 Å². The van der Waals surface area contributed by atoms with E-state index in [9.17, 15) is 14.4 Å². The Morgan fingerprint density at radius 3 is 0.694 bits per heavy atom. The van der Waals surface area contributed by atoms with Crippen LogP contribution in [0.4, 0.5) is 0 Å². The van der Waals surface area contributed by atoms with Crippen molar-refractivity contribution in [2.75, 3.05) is 13.2 Å². The van der Waals surface area contributed by atoms with Crippen molar-refractivity contribution >= 4 is 17.9 Å². The summed E-state index contributed by atoms with van der Waals surface area (Å²) in [5.41, 5.74) is 0.